The molecule has 0 unspecified atom stereocenters. The molecule has 0 spiro atoms. The van der Waals surface area contributed by atoms with Crippen LogP contribution in [0.4, 0.5) is 5.69 Å². The number of rotatable bonds is 4. The average molecular weight is 297 g/mol. The summed E-state index contributed by atoms with van der Waals surface area (Å²) in [5, 5.41) is 1.92. The molecule has 1 heterocycles. The Morgan fingerprint density at radius 1 is 1.32 bits per heavy atom. The van der Waals surface area contributed by atoms with Gasteiger partial charge in [-0.05, 0) is 31.0 Å². The fourth-order valence-electron chi connectivity index (χ4n) is 1.69. The molecular weight excluding hydrogens is 284 g/mol. The van der Waals surface area contributed by atoms with Gasteiger partial charge >= 0.3 is 0 Å². The normalized spacial score (nSPS) is 10.3. The highest BCUT2D eigenvalue weighted by Gasteiger charge is 2.18. The van der Waals surface area contributed by atoms with E-state index in [1.807, 2.05) is 30.3 Å². The first kappa shape index (κ1) is 13.6. The van der Waals surface area contributed by atoms with Crippen LogP contribution in [0, 0.1) is 0 Å². The quantitative estimate of drug-likeness (QED) is 0.671. The molecule has 0 aliphatic heterocycles. The molecule has 0 aliphatic rings. The predicted molar refractivity (Wildman–Crippen MR) is 80.0 cm³/mol. The molecule has 0 saturated carbocycles. The van der Waals surface area contributed by atoms with Gasteiger partial charge in [0.05, 0.1) is 10.7 Å². The summed E-state index contributed by atoms with van der Waals surface area (Å²) in [6.45, 7) is 0. The van der Waals surface area contributed by atoms with Gasteiger partial charge < -0.3 is 5.73 Å². The Kier molecular flexibility index (Phi) is 3.92. The third-order valence-electron chi connectivity index (χ3n) is 2.62. The van der Waals surface area contributed by atoms with Gasteiger partial charge in [0, 0.05) is 13.2 Å². The van der Waals surface area contributed by atoms with E-state index in [-0.39, 0.29) is 5.69 Å². The second-order valence-corrected chi connectivity index (χ2v) is 4.62. The third kappa shape index (κ3) is 2.64. The van der Waals surface area contributed by atoms with Crippen LogP contribution < -0.4 is 15.3 Å². The van der Waals surface area contributed by atoms with Crippen molar-refractivity contribution in [2.45, 2.75) is 0 Å². The Balaban J connectivity index is 2.35. The second kappa shape index (κ2) is 5.46. The topological polar surface area (TPSA) is 54.5 Å². The highest BCUT2D eigenvalue weighted by molar-refractivity contribution is 7.81. The molecule has 2 rings (SSSR count). The van der Waals surface area contributed by atoms with Crippen LogP contribution in [0.15, 0.2) is 42.6 Å². The number of para-hydroxylation sites is 1. The number of nitrogens with zero attached hydrogens (tertiary/aromatic N) is 3. The van der Waals surface area contributed by atoms with Gasteiger partial charge in [0.15, 0.2) is 0 Å². The molecule has 1 aromatic carbocycles. The molecular formula is C12H13ClN4OS. The van der Waals surface area contributed by atoms with Crippen molar-refractivity contribution in [3.63, 3.8) is 0 Å². The molecule has 0 radical (unpaired) electrons. The van der Waals surface area contributed by atoms with Crippen LogP contribution >= 0.6 is 24.4 Å². The Labute approximate surface area is 121 Å². The minimum Gasteiger partial charge on any atom is -0.364 e. The second-order valence-electron chi connectivity index (χ2n) is 3.84. The summed E-state index contributed by atoms with van der Waals surface area (Å²) in [6.07, 6.45) is 1.65. The summed E-state index contributed by atoms with van der Waals surface area (Å²) in [6, 6.07) is 11.1. The number of anilines is 1. The van der Waals surface area contributed by atoms with Crippen molar-refractivity contribution in [2.75, 3.05) is 16.6 Å². The maximum Gasteiger partial charge on any atom is 0.268 e. The summed E-state index contributed by atoms with van der Waals surface area (Å²) in [5.41, 5.74) is 6.37. The highest BCUT2D eigenvalue weighted by atomic mass is 35.5. The van der Waals surface area contributed by atoms with Crippen molar-refractivity contribution < 1.29 is 4.79 Å². The van der Waals surface area contributed by atoms with E-state index in [1.54, 1.807) is 28.8 Å². The number of carbonyl (C=O) groups is 1. The van der Waals surface area contributed by atoms with Crippen LogP contribution in [0.25, 0.3) is 0 Å². The average Bonchev–Trinajstić information content (AvgIpc) is 2.80. The summed E-state index contributed by atoms with van der Waals surface area (Å²) >= 11 is 10.3. The molecule has 100 valence electrons. The SMILES string of the molecule is CN(N(S)c1ccccc1)n1ccc(Cl)c1C(N)=O. The van der Waals surface area contributed by atoms with Gasteiger partial charge in [0.2, 0.25) is 0 Å². The minimum atomic E-state index is -0.600. The van der Waals surface area contributed by atoms with E-state index in [1.165, 1.54) is 4.68 Å². The fourth-order valence-corrected chi connectivity index (χ4v) is 2.15. The van der Waals surface area contributed by atoms with Crippen molar-refractivity contribution in [3.05, 3.63) is 53.3 Å². The lowest BCUT2D eigenvalue weighted by Gasteiger charge is -2.31. The molecule has 0 aliphatic carbocycles. The molecule has 19 heavy (non-hydrogen) atoms. The molecule has 0 bridgehead atoms. The van der Waals surface area contributed by atoms with Gasteiger partial charge in [-0.1, -0.05) is 29.8 Å². The van der Waals surface area contributed by atoms with Crippen molar-refractivity contribution >= 4 is 36.0 Å². The Bertz CT molecular complexity index is 587. The summed E-state index contributed by atoms with van der Waals surface area (Å²) in [4.78, 5) is 11.4. The Morgan fingerprint density at radius 3 is 2.53 bits per heavy atom. The lowest BCUT2D eigenvalue weighted by atomic mass is 10.3. The predicted octanol–water partition coefficient (Wildman–Crippen LogP) is 2.07. The van der Waals surface area contributed by atoms with Gasteiger partial charge in [-0.25, -0.2) is 14.2 Å². The Hall–Kier alpha value is -1.79. The monoisotopic (exact) mass is 296 g/mol. The van der Waals surface area contributed by atoms with Crippen LogP contribution in [0.3, 0.4) is 0 Å². The molecule has 0 saturated heterocycles. The molecule has 1 amide bonds. The maximum atomic E-state index is 11.4. The number of amides is 1. The fraction of sp³-hybridized carbons (Fsp3) is 0.0833. The number of primary amides is 1. The number of aromatic nitrogens is 1. The minimum absolute atomic E-state index is 0.208. The number of hydrazine groups is 1. The number of carbonyl (C=O) groups excluding carboxylic acids is 1. The highest BCUT2D eigenvalue weighted by Crippen LogP contribution is 2.21. The standard InChI is InChI=1S/C12H13ClN4OS/c1-15(17(19)9-5-3-2-4-6-9)16-8-7-10(13)11(16)12(14)18/h2-8,19H,1H3,(H2,14,18). The van der Waals surface area contributed by atoms with Crippen LogP contribution in [-0.4, -0.2) is 17.6 Å². The number of hydrogen-bond acceptors (Lipinski definition) is 4. The van der Waals surface area contributed by atoms with E-state index in [4.69, 9.17) is 17.3 Å². The number of halogens is 1. The van der Waals surface area contributed by atoms with Gasteiger partial charge in [0.25, 0.3) is 5.91 Å². The van der Waals surface area contributed by atoms with Crippen molar-refractivity contribution in [1.29, 1.82) is 0 Å². The number of hydrogen-bond donors (Lipinski definition) is 2. The molecule has 7 heteroatoms. The van der Waals surface area contributed by atoms with Crippen molar-refractivity contribution in [1.82, 2.24) is 4.68 Å². The zero-order valence-electron chi connectivity index (χ0n) is 10.2. The van der Waals surface area contributed by atoms with E-state index in [0.29, 0.717) is 5.02 Å². The molecule has 1 aromatic heterocycles. The molecule has 5 nitrogen and oxygen atoms in total. The maximum absolute atomic E-state index is 11.4. The summed E-state index contributed by atoms with van der Waals surface area (Å²) in [7, 11) is 1.74. The van der Waals surface area contributed by atoms with E-state index in [2.05, 4.69) is 12.8 Å². The number of benzene rings is 1. The largest absolute Gasteiger partial charge is 0.364 e. The van der Waals surface area contributed by atoms with Crippen LogP contribution in [-0.2, 0) is 0 Å². The van der Waals surface area contributed by atoms with Gasteiger partial charge in [-0.3, -0.25) is 4.79 Å². The van der Waals surface area contributed by atoms with E-state index >= 15 is 0 Å². The van der Waals surface area contributed by atoms with E-state index in [0.717, 1.165) is 5.69 Å². The van der Waals surface area contributed by atoms with Gasteiger partial charge in [0.1, 0.15) is 5.69 Å². The first-order valence-corrected chi connectivity index (χ1v) is 6.25. The van der Waals surface area contributed by atoms with Crippen LogP contribution in [0.1, 0.15) is 10.5 Å². The van der Waals surface area contributed by atoms with Gasteiger partial charge in [-0.2, -0.15) is 0 Å². The first-order chi connectivity index (χ1) is 9.02. The lowest BCUT2D eigenvalue weighted by molar-refractivity contribution is 0.0991. The van der Waals surface area contributed by atoms with Crippen LogP contribution in [0.5, 0.6) is 0 Å². The van der Waals surface area contributed by atoms with E-state index in [9.17, 15) is 4.79 Å². The molecule has 0 atom stereocenters. The lowest BCUT2D eigenvalue weighted by Crippen LogP contribution is -2.43. The third-order valence-corrected chi connectivity index (χ3v) is 3.42. The van der Waals surface area contributed by atoms with Crippen molar-refractivity contribution in [2.24, 2.45) is 5.73 Å². The van der Waals surface area contributed by atoms with Gasteiger partial charge in [-0.15, -0.1) is 0 Å². The molecule has 0 fully saturated rings. The Morgan fingerprint density at radius 2 is 1.95 bits per heavy atom. The first-order valence-electron chi connectivity index (χ1n) is 5.47. The molecule has 2 aromatic rings. The van der Waals surface area contributed by atoms with E-state index < -0.39 is 5.91 Å². The number of nitrogens with two attached hydrogens (primary N) is 1. The zero-order valence-corrected chi connectivity index (χ0v) is 11.8. The van der Waals surface area contributed by atoms with Crippen LogP contribution in [0.2, 0.25) is 5.02 Å². The van der Waals surface area contributed by atoms with Crippen molar-refractivity contribution in [3.8, 4) is 0 Å². The molecule has 2 N–H and O–H groups in total. The smallest absolute Gasteiger partial charge is 0.268 e. The summed E-state index contributed by atoms with van der Waals surface area (Å²) in [5.74, 6) is -0.600. The number of thiol groups is 1. The zero-order chi connectivity index (χ0) is 14.0. The summed E-state index contributed by atoms with van der Waals surface area (Å²) < 4.78 is 3.10.